The third-order valence-corrected chi connectivity index (χ3v) is 4.14. The Morgan fingerprint density at radius 2 is 1.81 bits per heavy atom. The van der Waals surface area contributed by atoms with Gasteiger partial charge in [-0.2, -0.15) is 0 Å². The van der Waals surface area contributed by atoms with E-state index >= 15 is 0 Å². The molecule has 1 aliphatic rings. The van der Waals surface area contributed by atoms with E-state index in [1.165, 1.54) is 24.3 Å². The van der Waals surface area contributed by atoms with Crippen LogP contribution in [0.4, 0.5) is 8.78 Å². The number of fused-ring (bicyclic) bond motifs is 1. The summed E-state index contributed by atoms with van der Waals surface area (Å²) in [5.41, 5.74) is 1.36. The van der Waals surface area contributed by atoms with E-state index < -0.39 is 5.82 Å². The zero-order valence-electron chi connectivity index (χ0n) is 14.1. The van der Waals surface area contributed by atoms with Crippen LogP contribution in [0.25, 0.3) is 6.08 Å². The fraction of sp³-hybridized carbons (Fsp3) is 0.0455. The highest BCUT2D eigenvalue weighted by atomic mass is 19.1. The molecule has 0 unspecified atom stereocenters. The van der Waals surface area contributed by atoms with Gasteiger partial charge < -0.3 is 9.47 Å². The maximum Gasteiger partial charge on any atom is 0.231 e. The van der Waals surface area contributed by atoms with Crippen molar-refractivity contribution < 1.29 is 23.0 Å². The van der Waals surface area contributed by atoms with Gasteiger partial charge in [0.15, 0.2) is 5.76 Å². The van der Waals surface area contributed by atoms with Crippen LogP contribution in [0.15, 0.2) is 72.5 Å². The molecule has 0 aromatic heterocycles. The van der Waals surface area contributed by atoms with Gasteiger partial charge in [-0.15, -0.1) is 0 Å². The summed E-state index contributed by atoms with van der Waals surface area (Å²) in [5, 5.41) is 0. The summed E-state index contributed by atoms with van der Waals surface area (Å²) in [6.45, 7) is 0.0609. The molecule has 0 amide bonds. The molecule has 0 spiro atoms. The lowest BCUT2D eigenvalue weighted by Gasteiger charge is -2.08. The number of Topliss-reactive ketones (excluding diaryl/α,β-unsaturated/α-hetero) is 1. The van der Waals surface area contributed by atoms with E-state index in [0.29, 0.717) is 28.2 Å². The van der Waals surface area contributed by atoms with Crippen LogP contribution < -0.4 is 9.47 Å². The van der Waals surface area contributed by atoms with E-state index in [-0.39, 0.29) is 24.0 Å². The van der Waals surface area contributed by atoms with Crippen LogP contribution in [-0.2, 0) is 6.61 Å². The number of hydrogen-bond donors (Lipinski definition) is 0. The lowest BCUT2D eigenvalue weighted by Crippen LogP contribution is -1.98. The van der Waals surface area contributed by atoms with E-state index in [1.54, 1.807) is 48.5 Å². The highest BCUT2D eigenvalue weighted by Gasteiger charge is 2.27. The minimum atomic E-state index is -0.392. The lowest BCUT2D eigenvalue weighted by atomic mass is 10.1. The molecule has 0 aliphatic carbocycles. The predicted octanol–water partition coefficient (Wildman–Crippen LogP) is 5.16. The molecule has 0 bridgehead atoms. The van der Waals surface area contributed by atoms with E-state index in [1.807, 2.05) is 0 Å². The van der Waals surface area contributed by atoms with Crippen molar-refractivity contribution >= 4 is 11.9 Å². The summed E-state index contributed by atoms with van der Waals surface area (Å²) < 4.78 is 38.2. The molecule has 0 saturated heterocycles. The second-order valence-electron chi connectivity index (χ2n) is 6.03. The number of ketones is 1. The molecular weight excluding hydrogens is 350 g/mol. The number of halogens is 2. The fourth-order valence-electron chi connectivity index (χ4n) is 2.78. The molecule has 1 heterocycles. The van der Waals surface area contributed by atoms with Crippen LogP contribution in [0.5, 0.6) is 11.5 Å². The topological polar surface area (TPSA) is 35.5 Å². The maximum absolute atomic E-state index is 13.7. The summed E-state index contributed by atoms with van der Waals surface area (Å²) in [6, 6.07) is 17.0. The minimum Gasteiger partial charge on any atom is -0.489 e. The molecule has 0 saturated carbocycles. The second-order valence-corrected chi connectivity index (χ2v) is 6.03. The van der Waals surface area contributed by atoms with E-state index in [2.05, 4.69) is 0 Å². The highest BCUT2D eigenvalue weighted by Crippen LogP contribution is 2.35. The van der Waals surface area contributed by atoms with Crippen molar-refractivity contribution in [2.24, 2.45) is 0 Å². The van der Waals surface area contributed by atoms with Crippen molar-refractivity contribution in [2.75, 3.05) is 0 Å². The van der Waals surface area contributed by atoms with Crippen LogP contribution in [-0.4, -0.2) is 5.78 Å². The Bertz CT molecular complexity index is 1060. The molecule has 27 heavy (non-hydrogen) atoms. The van der Waals surface area contributed by atoms with E-state index in [9.17, 15) is 13.6 Å². The van der Waals surface area contributed by atoms with Gasteiger partial charge in [-0.05, 0) is 42.0 Å². The first-order valence-corrected chi connectivity index (χ1v) is 8.30. The van der Waals surface area contributed by atoms with Crippen LogP contribution in [0, 0.1) is 11.6 Å². The molecule has 0 fully saturated rings. The smallest absolute Gasteiger partial charge is 0.231 e. The van der Waals surface area contributed by atoms with Crippen molar-refractivity contribution in [3.05, 3.63) is 101 Å². The first-order chi connectivity index (χ1) is 13.1. The van der Waals surface area contributed by atoms with Crippen molar-refractivity contribution in [1.29, 1.82) is 0 Å². The minimum absolute atomic E-state index is 0.0609. The monoisotopic (exact) mass is 364 g/mol. The molecule has 3 aromatic carbocycles. The molecule has 5 heteroatoms. The number of benzene rings is 3. The average Bonchev–Trinajstić information content (AvgIpc) is 2.96. The fourth-order valence-corrected chi connectivity index (χ4v) is 2.78. The number of ether oxygens (including phenoxy) is 2. The van der Waals surface area contributed by atoms with Crippen LogP contribution in [0.1, 0.15) is 21.5 Å². The van der Waals surface area contributed by atoms with Gasteiger partial charge in [0.05, 0.1) is 5.56 Å². The van der Waals surface area contributed by atoms with Gasteiger partial charge in [0.25, 0.3) is 0 Å². The maximum atomic E-state index is 13.7. The van der Waals surface area contributed by atoms with Crippen LogP contribution >= 0.6 is 0 Å². The SMILES string of the molecule is O=C1/C(=C/c2cccc(F)c2)Oc2cc(OCc3ccccc3F)ccc21. The molecule has 3 nitrogen and oxygen atoms in total. The number of hydrogen-bond acceptors (Lipinski definition) is 3. The first-order valence-electron chi connectivity index (χ1n) is 8.30. The number of rotatable bonds is 4. The third-order valence-electron chi connectivity index (χ3n) is 4.14. The molecule has 1 aliphatic heterocycles. The lowest BCUT2D eigenvalue weighted by molar-refractivity contribution is 0.101. The van der Waals surface area contributed by atoms with Gasteiger partial charge in [-0.1, -0.05) is 30.3 Å². The Morgan fingerprint density at radius 1 is 0.963 bits per heavy atom. The molecule has 0 atom stereocenters. The van der Waals surface area contributed by atoms with E-state index in [4.69, 9.17) is 9.47 Å². The normalized spacial score (nSPS) is 14.1. The largest absolute Gasteiger partial charge is 0.489 e. The highest BCUT2D eigenvalue weighted by molar-refractivity contribution is 6.14. The predicted molar refractivity (Wildman–Crippen MR) is 96.5 cm³/mol. The Morgan fingerprint density at radius 3 is 2.63 bits per heavy atom. The molecule has 3 aromatic rings. The van der Waals surface area contributed by atoms with Crippen molar-refractivity contribution in [3.63, 3.8) is 0 Å². The standard InChI is InChI=1S/C22H14F2O3/c23-16-6-3-4-14(10-16)11-21-22(25)18-9-8-17(12-20(18)27-21)26-13-15-5-1-2-7-19(15)24/h1-12H,13H2/b21-11-. The van der Waals surface area contributed by atoms with Crippen molar-refractivity contribution in [3.8, 4) is 11.5 Å². The zero-order valence-corrected chi connectivity index (χ0v) is 14.1. The quantitative estimate of drug-likeness (QED) is 0.600. The van der Waals surface area contributed by atoms with Crippen LogP contribution in [0.3, 0.4) is 0 Å². The Hall–Kier alpha value is -3.47. The van der Waals surface area contributed by atoms with Gasteiger partial charge in [-0.25, -0.2) is 8.78 Å². The number of allylic oxidation sites excluding steroid dienone is 1. The van der Waals surface area contributed by atoms with Crippen molar-refractivity contribution in [2.45, 2.75) is 6.61 Å². The Labute approximate surface area is 154 Å². The number of carbonyl (C=O) groups excluding carboxylic acids is 1. The Balaban J connectivity index is 1.53. The third kappa shape index (κ3) is 3.58. The van der Waals surface area contributed by atoms with Gasteiger partial charge in [0.1, 0.15) is 29.7 Å². The zero-order chi connectivity index (χ0) is 18.8. The first kappa shape index (κ1) is 17.0. The molecule has 134 valence electrons. The van der Waals surface area contributed by atoms with Gasteiger partial charge in [0.2, 0.25) is 5.78 Å². The van der Waals surface area contributed by atoms with Gasteiger partial charge >= 0.3 is 0 Å². The summed E-state index contributed by atoms with van der Waals surface area (Å²) >= 11 is 0. The number of carbonyl (C=O) groups is 1. The van der Waals surface area contributed by atoms with Crippen LogP contribution in [0.2, 0.25) is 0 Å². The molecule has 0 radical (unpaired) electrons. The summed E-state index contributed by atoms with van der Waals surface area (Å²) in [7, 11) is 0. The summed E-state index contributed by atoms with van der Waals surface area (Å²) in [4.78, 5) is 12.4. The second kappa shape index (κ2) is 7.03. The van der Waals surface area contributed by atoms with Crippen molar-refractivity contribution in [1.82, 2.24) is 0 Å². The molecule has 4 rings (SSSR count). The molecule has 0 N–H and O–H groups in total. The summed E-state index contributed by atoms with van der Waals surface area (Å²) in [6.07, 6.45) is 1.49. The average molecular weight is 364 g/mol. The summed E-state index contributed by atoms with van der Waals surface area (Å²) in [5.74, 6) is -0.0937. The van der Waals surface area contributed by atoms with Gasteiger partial charge in [0, 0.05) is 11.6 Å². The Kier molecular flexibility index (Phi) is 4.42. The van der Waals surface area contributed by atoms with Gasteiger partial charge in [-0.3, -0.25) is 4.79 Å². The van der Waals surface area contributed by atoms with E-state index in [0.717, 1.165) is 0 Å². The molecular formula is C22H14F2O3.